The van der Waals surface area contributed by atoms with E-state index in [1.807, 2.05) is 0 Å². The maximum absolute atomic E-state index is 4.64. The van der Waals surface area contributed by atoms with E-state index in [-0.39, 0.29) is 0 Å². The molecule has 56 heavy (non-hydrogen) atoms. The van der Waals surface area contributed by atoms with Crippen LogP contribution in [-0.4, -0.2) is 33.2 Å². The maximum Gasteiger partial charge on any atom is 0.162 e. The van der Waals surface area contributed by atoms with Gasteiger partial charge in [-0.3, -0.25) is 0 Å². The summed E-state index contributed by atoms with van der Waals surface area (Å²) in [6.07, 6.45) is 7.46. The lowest BCUT2D eigenvalue weighted by molar-refractivity contribution is 1.05. The zero-order valence-electron chi connectivity index (χ0n) is 30.0. The molecule has 0 spiro atoms. The average Bonchev–Trinajstić information content (AvgIpc) is 4.03. The first-order valence-corrected chi connectivity index (χ1v) is 18.7. The first-order valence-electron chi connectivity index (χ1n) is 18.7. The summed E-state index contributed by atoms with van der Waals surface area (Å²) in [7, 11) is 0. The number of rotatable bonds is 5. The summed E-state index contributed by atoms with van der Waals surface area (Å²) >= 11 is 0. The molecular weight excluding hydrogens is 687 g/mol. The summed E-state index contributed by atoms with van der Waals surface area (Å²) in [5.74, 6) is 0.620. The van der Waals surface area contributed by atoms with Crippen LogP contribution in [0, 0.1) is 0 Å². The van der Waals surface area contributed by atoms with E-state index >= 15 is 0 Å². The van der Waals surface area contributed by atoms with Crippen molar-refractivity contribution in [2.45, 2.75) is 0 Å². The third kappa shape index (κ3) is 4.55. The minimum atomic E-state index is 0.620. The van der Waals surface area contributed by atoms with E-state index in [9.17, 15) is 0 Å². The highest BCUT2D eigenvalue weighted by atomic mass is 15.0. The number of aromatic nitrogens is 7. The topological polar surface area (TPSA) is 58.4 Å². The lowest BCUT2D eigenvalue weighted by atomic mass is 10.1. The fourth-order valence-corrected chi connectivity index (χ4v) is 8.75. The highest BCUT2D eigenvalue weighted by Gasteiger charge is 2.20. The van der Waals surface area contributed by atoms with Gasteiger partial charge in [0.25, 0.3) is 0 Å². The van der Waals surface area contributed by atoms with Crippen LogP contribution in [0.3, 0.4) is 0 Å². The molecule has 0 fully saturated rings. The van der Waals surface area contributed by atoms with Gasteiger partial charge in [-0.2, -0.15) is 0 Å². The lowest BCUT2D eigenvalue weighted by Crippen LogP contribution is -2.01. The van der Waals surface area contributed by atoms with Gasteiger partial charge in [0, 0.05) is 73.0 Å². The van der Waals surface area contributed by atoms with Gasteiger partial charge in [0.05, 0.1) is 33.1 Å². The highest BCUT2D eigenvalue weighted by molar-refractivity contribution is 6.15. The second-order valence-electron chi connectivity index (χ2n) is 14.3. The van der Waals surface area contributed by atoms with E-state index in [1.54, 1.807) is 12.7 Å². The molecule has 7 aromatic carbocycles. The Bertz CT molecular complexity index is 3250. The van der Waals surface area contributed by atoms with E-state index in [0.29, 0.717) is 5.82 Å². The third-order valence-electron chi connectivity index (χ3n) is 11.2. The summed E-state index contributed by atoms with van der Waals surface area (Å²) in [6.45, 7) is 0. The maximum atomic E-state index is 4.64. The van der Waals surface area contributed by atoms with Crippen LogP contribution in [0.15, 0.2) is 189 Å². The van der Waals surface area contributed by atoms with Gasteiger partial charge in [-0.15, -0.1) is 0 Å². The molecule has 0 N–H and O–H groups in total. The average molecular weight is 718 g/mol. The molecular formula is C49H31N7. The Balaban J connectivity index is 1.14. The monoisotopic (exact) mass is 717 g/mol. The quantitative estimate of drug-likeness (QED) is 0.178. The Hall–Kier alpha value is -7.77. The minimum absolute atomic E-state index is 0.620. The van der Waals surface area contributed by atoms with Crippen LogP contribution in [0.5, 0.6) is 0 Å². The van der Waals surface area contributed by atoms with Crippen molar-refractivity contribution >= 4 is 65.4 Å². The van der Waals surface area contributed by atoms with Gasteiger partial charge in [-0.1, -0.05) is 72.8 Å². The molecule has 5 heterocycles. The van der Waals surface area contributed by atoms with E-state index < -0.39 is 0 Å². The van der Waals surface area contributed by atoms with Gasteiger partial charge < -0.3 is 18.3 Å². The Labute approximate surface area is 320 Å². The van der Waals surface area contributed by atoms with Crippen LogP contribution in [0.1, 0.15) is 0 Å². The minimum Gasteiger partial charge on any atom is -0.317 e. The zero-order valence-corrected chi connectivity index (χ0v) is 30.0. The molecule has 7 heteroatoms. The predicted molar refractivity (Wildman–Crippen MR) is 228 cm³/mol. The number of hydrogen-bond donors (Lipinski definition) is 0. The van der Waals surface area contributed by atoms with Gasteiger partial charge in [-0.25, -0.2) is 15.0 Å². The third-order valence-corrected chi connectivity index (χ3v) is 11.2. The first kappa shape index (κ1) is 30.7. The van der Waals surface area contributed by atoms with E-state index in [4.69, 9.17) is 0 Å². The number of hydrogen-bond acceptors (Lipinski definition) is 3. The molecule has 0 radical (unpaired) electrons. The van der Waals surface area contributed by atoms with Crippen molar-refractivity contribution in [2.24, 2.45) is 0 Å². The molecule has 0 unspecified atom stereocenters. The van der Waals surface area contributed by atoms with E-state index in [2.05, 4.69) is 209 Å². The Morgan fingerprint density at radius 2 is 0.804 bits per heavy atom. The van der Waals surface area contributed by atoms with Crippen LogP contribution in [-0.2, 0) is 0 Å². The van der Waals surface area contributed by atoms with Crippen molar-refractivity contribution < 1.29 is 0 Å². The molecule has 0 aliphatic rings. The summed E-state index contributed by atoms with van der Waals surface area (Å²) in [5.41, 5.74) is 12.1. The molecule has 12 aromatic rings. The second kappa shape index (κ2) is 11.9. The second-order valence-corrected chi connectivity index (χ2v) is 14.3. The van der Waals surface area contributed by atoms with Crippen LogP contribution in [0.25, 0.3) is 99.6 Å². The zero-order chi connectivity index (χ0) is 36.7. The highest BCUT2D eigenvalue weighted by Crippen LogP contribution is 2.40. The molecule has 0 saturated heterocycles. The Morgan fingerprint density at radius 3 is 1.30 bits per heavy atom. The summed E-state index contributed by atoms with van der Waals surface area (Å²) in [6, 6.07) is 58.9. The van der Waals surface area contributed by atoms with Gasteiger partial charge in [0.1, 0.15) is 12.7 Å². The van der Waals surface area contributed by atoms with E-state index in [0.717, 1.165) is 50.4 Å². The fourth-order valence-electron chi connectivity index (χ4n) is 8.75. The summed E-state index contributed by atoms with van der Waals surface area (Å²) in [5, 5.41) is 7.12. The van der Waals surface area contributed by atoms with Crippen LogP contribution >= 0.6 is 0 Å². The molecule has 0 aliphatic carbocycles. The van der Waals surface area contributed by atoms with Gasteiger partial charge >= 0.3 is 0 Å². The van der Waals surface area contributed by atoms with Crippen molar-refractivity contribution in [3.05, 3.63) is 189 Å². The fraction of sp³-hybridized carbons (Fsp3) is 0. The van der Waals surface area contributed by atoms with Gasteiger partial charge in [0.2, 0.25) is 0 Å². The number of benzene rings is 7. The molecule has 7 nitrogen and oxygen atoms in total. The number of fused-ring (bicyclic) bond motifs is 8. The summed E-state index contributed by atoms with van der Waals surface area (Å²) in [4.78, 5) is 13.4. The molecule has 12 rings (SSSR count). The molecule has 0 saturated carbocycles. The van der Waals surface area contributed by atoms with E-state index in [1.165, 1.54) is 43.4 Å². The number of para-hydroxylation sites is 4. The Morgan fingerprint density at radius 1 is 0.339 bits per heavy atom. The standard InChI is InChI=1S/C49H31N7/c1-3-11-35(12-4-1)53-21-19-32-25-47-41(28-45(32)53)39-15-7-9-17-43(39)55(47)37-23-34(49-51-30-50-31-52-49)24-38(27-37)56-44-18-10-8-16-40(44)42-29-46-33(26-48(42)56)20-22-54(46)36-13-5-2-6-14-36/h1-31H. The summed E-state index contributed by atoms with van der Waals surface area (Å²) < 4.78 is 9.33. The predicted octanol–water partition coefficient (Wildman–Crippen LogP) is 11.6. The lowest BCUT2D eigenvalue weighted by Gasteiger charge is -2.15. The van der Waals surface area contributed by atoms with Crippen LogP contribution in [0.4, 0.5) is 0 Å². The van der Waals surface area contributed by atoms with Crippen LogP contribution < -0.4 is 0 Å². The molecule has 5 aromatic heterocycles. The first-order chi connectivity index (χ1) is 27.8. The number of nitrogens with zero attached hydrogens (tertiary/aromatic N) is 7. The largest absolute Gasteiger partial charge is 0.317 e. The SMILES string of the molecule is c1ccc(-n2ccc3cc4c(cc32)c2ccccc2n4-c2cc(-c3ncncn3)cc(-n3c4ccccc4c4cc5c(ccn5-c5ccccc5)cc43)c2)cc1. The smallest absolute Gasteiger partial charge is 0.162 e. The van der Waals surface area contributed by atoms with Crippen molar-refractivity contribution in [3.8, 4) is 34.1 Å². The van der Waals surface area contributed by atoms with Gasteiger partial charge in [0.15, 0.2) is 5.82 Å². The van der Waals surface area contributed by atoms with Crippen molar-refractivity contribution in [1.82, 2.24) is 33.2 Å². The molecule has 262 valence electrons. The van der Waals surface area contributed by atoms with Crippen molar-refractivity contribution in [2.75, 3.05) is 0 Å². The molecule has 0 amide bonds. The molecule has 0 aliphatic heterocycles. The van der Waals surface area contributed by atoms with Crippen LogP contribution in [0.2, 0.25) is 0 Å². The van der Waals surface area contributed by atoms with Gasteiger partial charge in [-0.05, 0) is 91.0 Å². The Kier molecular flexibility index (Phi) is 6.50. The normalized spacial score (nSPS) is 11.9. The molecule has 0 atom stereocenters. The van der Waals surface area contributed by atoms with Crippen molar-refractivity contribution in [3.63, 3.8) is 0 Å². The molecule has 0 bridgehead atoms. The van der Waals surface area contributed by atoms with Crippen molar-refractivity contribution in [1.29, 1.82) is 0 Å².